The van der Waals surface area contributed by atoms with E-state index >= 15 is 0 Å². The molecule has 0 aliphatic rings. The van der Waals surface area contributed by atoms with Crippen molar-refractivity contribution in [3.8, 4) is 0 Å². The molecule has 115 valence electrons. The Hall–Kier alpha value is -0.680. The van der Waals surface area contributed by atoms with E-state index < -0.39 is 0 Å². The van der Waals surface area contributed by atoms with E-state index in [1.54, 1.807) is 6.82 Å². The molecular weight excluding hydrogens is 258 g/mol. The average molecular weight is 285 g/mol. The van der Waals surface area contributed by atoms with E-state index in [0.717, 1.165) is 12.8 Å². The Morgan fingerprint density at radius 1 is 1.15 bits per heavy atom. The van der Waals surface area contributed by atoms with Crippen LogP contribution < -0.4 is 0 Å². The van der Waals surface area contributed by atoms with Gasteiger partial charge in [-0.25, -0.2) is 0 Å². The molecular formula is C13H27B2O5. The Kier molecular flexibility index (Phi) is 15.9. The summed E-state index contributed by atoms with van der Waals surface area (Å²) in [6.45, 7) is 9.51. The molecule has 20 heavy (non-hydrogen) atoms. The first-order chi connectivity index (χ1) is 9.37. The molecule has 0 aliphatic carbocycles. The quantitative estimate of drug-likeness (QED) is 0.214. The molecule has 0 saturated carbocycles. The van der Waals surface area contributed by atoms with Crippen LogP contribution in [0.15, 0.2) is 0 Å². The first kappa shape index (κ1) is 21.6. The minimum absolute atomic E-state index is 0.00958. The predicted molar refractivity (Wildman–Crippen MR) is 79.7 cm³/mol. The van der Waals surface area contributed by atoms with Crippen molar-refractivity contribution in [3.05, 3.63) is 0 Å². The van der Waals surface area contributed by atoms with Crippen LogP contribution in [0.4, 0.5) is 0 Å². The van der Waals surface area contributed by atoms with Crippen molar-refractivity contribution in [2.45, 2.75) is 72.2 Å². The summed E-state index contributed by atoms with van der Waals surface area (Å²) in [5, 5.41) is 0. The number of ether oxygens (including phenoxy) is 1. The fourth-order valence-electron chi connectivity index (χ4n) is 1.22. The Morgan fingerprint density at radius 2 is 1.80 bits per heavy atom. The number of esters is 1. The van der Waals surface area contributed by atoms with Gasteiger partial charge in [-0.1, -0.05) is 26.2 Å². The normalized spacial score (nSPS) is 10.1. The van der Waals surface area contributed by atoms with Crippen LogP contribution in [0.3, 0.4) is 0 Å². The second-order valence-electron chi connectivity index (χ2n) is 5.18. The molecule has 0 unspecified atom stereocenters. The van der Waals surface area contributed by atoms with E-state index in [0.29, 0.717) is 13.6 Å². The van der Waals surface area contributed by atoms with Crippen molar-refractivity contribution in [1.82, 2.24) is 0 Å². The van der Waals surface area contributed by atoms with E-state index in [4.69, 9.17) is 4.74 Å². The summed E-state index contributed by atoms with van der Waals surface area (Å²) in [6.07, 6.45) is 5.08. The van der Waals surface area contributed by atoms with Gasteiger partial charge in [-0.2, -0.15) is 0 Å². The molecule has 0 heterocycles. The van der Waals surface area contributed by atoms with E-state index in [9.17, 15) is 9.50 Å². The SMILES string of the molecule is CCCCCCC(=O)OC(C)(C)C.C[B]OOCB=O. The molecule has 0 atom stereocenters. The Morgan fingerprint density at radius 3 is 2.25 bits per heavy atom. The van der Waals surface area contributed by atoms with Gasteiger partial charge < -0.3 is 4.74 Å². The fourth-order valence-corrected chi connectivity index (χ4v) is 1.22. The first-order valence-electron chi connectivity index (χ1n) is 7.09. The van der Waals surface area contributed by atoms with Gasteiger partial charge in [-0.3, -0.25) is 4.79 Å². The second kappa shape index (κ2) is 14.7. The van der Waals surface area contributed by atoms with Crippen LogP contribution in [0.5, 0.6) is 0 Å². The van der Waals surface area contributed by atoms with Gasteiger partial charge >= 0.3 is 48.3 Å². The number of hydrogen-bond donors (Lipinski definition) is 0. The maximum atomic E-state index is 11.2. The van der Waals surface area contributed by atoms with E-state index in [-0.39, 0.29) is 18.1 Å². The number of hydrogen-bond acceptors (Lipinski definition) is 5. The summed E-state index contributed by atoms with van der Waals surface area (Å²) in [7, 11) is 1.97. The van der Waals surface area contributed by atoms with Crippen molar-refractivity contribution < 1.29 is 23.9 Å². The molecule has 0 spiro atoms. The van der Waals surface area contributed by atoms with Crippen molar-refractivity contribution in [3.63, 3.8) is 0 Å². The molecule has 0 bridgehead atoms. The molecule has 0 rings (SSSR count). The van der Waals surface area contributed by atoms with Gasteiger partial charge in [0, 0.05) is 6.42 Å². The van der Waals surface area contributed by atoms with Crippen LogP contribution in [0.25, 0.3) is 0 Å². The third-order valence-electron chi connectivity index (χ3n) is 1.95. The van der Waals surface area contributed by atoms with Crippen LogP contribution in [-0.2, 0) is 23.9 Å². The number of carbonyl (C=O) groups excluding carboxylic acids is 1. The zero-order valence-electron chi connectivity index (χ0n) is 13.4. The summed E-state index contributed by atoms with van der Waals surface area (Å²) in [6, 6.07) is 0. The molecule has 0 aromatic carbocycles. The average Bonchev–Trinajstić information content (AvgIpc) is 2.34. The molecule has 0 amide bonds. The van der Waals surface area contributed by atoms with Crippen LogP contribution in [0, 0.1) is 0 Å². The van der Waals surface area contributed by atoms with Crippen molar-refractivity contribution >= 4 is 20.6 Å². The van der Waals surface area contributed by atoms with Crippen LogP contribution in [0.1, 0.15) is 59.8 Å². The van der Waals surface area contributed by atoms with Crippen molar-refractivity contribution in [2.75, 3.05) is 6.51 Å². The topological polar surface area (TPSA) is 61.8 Å². The molecule has 0 aliphatic heterocycles. The van der Waals surface area contributed by atoms with Gasteiger partial charge in [-0.05, 0) is 27.2 Å². The summed E-state index contributed by atoms with van der Waals surface area (Å²) >= 11 is 0. The Labute approximate surface area is 124 Å². The molecule has 1 radical (unpaired) electrons. The zero-order chi connectivity index (χ0) is 15.9. The Bertz CT molecular complexity index is 241. The number of carbonyl (C=O) groups is 1. The molecule has 7 heteroatoms. The van der Waals surface area contributed by atoms with Crippen LogP contribution in [-0.4, -0.2) is 32.7 Å². The molecule has 5 nitrogen and oxygen atoms in total. The molecule has 0 N–H and O–H groups in total. The predicted octanol–water partition coefficient (Wildman–Crippen LogP) is 2.91. The third-order valence-corrected chi connectivity index (χ3v) is 1.95. The molecule has 0 aromatic rings. The second-order valence-corrected chi connectivity index (χ2v) is 5.18. The summed E-state index contributed by atoms with van der Waals surface area (Å²) in [4.78, 5) is 19.6. The molecule has 0 saturated heterocycles. The van der Waals surface area contributed by atoms with Gasteiger partial charge in [0.1, 0.15) is 5.60 Å². The van der Waals surface area contributed by atoms with Crippen LogP contribution in [0.2, 0.25) is 6.82 Å². The summed E-state index contributed by atoms with van der Waals surface area (Å²) in [5.41, 5.74) is -0.332. The van der Waals surface area contributed by atoms with Gasteiger partial charge in [0.25, 0.3) is 0 Å². The number of rotatable bonds is 9. The zero-order valence-corrected chi connectivity index (χ0v) is 13.4. The minimum atomic E-state index is -0.332. The fraction of sp³-hybridized carbons (Fsp3) is 0.923. The van der Waals surface area contributed by atoms with Gasteiger partial charge in [0.15, 0.2) is 0 Å². The summed E-state index contributed by atoms with van der Waals surface area (Å²) < 4.78 is 14.6. The van der Waals surface area contributed by atoms with E-state index in [1.807, 2.05) is 20.8 Å². The van der Waals surface area contributed by atoms with Gasteiger partial charge in [0.05, 0.1) is 0 Å². The molecule has 0 aromatic heterocycles. The Balaban J connectivity index is 0. The number of unbranched alkanes of at least 4 members (excludes halogenated alkanes) is 3. The summed E-state index contributed by atoms with van der Waals surface area (Å²) in [5.74, 6) is -0.0661. The van der Waals surface area contributed by atoms with Gasteiger partial charge in [-0.15, -0.1) is 0 Å². The third kappa shape index (κ3) is 22.5. The monoisotopic (exact) mass is 285 g/mol. The van der Waals surface area contributed by atoms with E-state index in [1.165, 1.54) is 20.3 Å². The van der Waals surface area contributed by atoms with Crippen molar-refractivity contribution in [1.29, 1.82) is 0 Å². The maximum absolute atomic E-state index is 11.2. The van der Waals surface area contributed by atoms with E-state index in [2.05, 4.69) is 16.6 Å². The van der Waals surface area contributed by atoms with Crippen LogP contribution >= 0.6 is 0 Å². The van der Waals surface area contributed by atoms with Gasteiger partial charge in [0.2, 0.25) is 0 Å². The van der Waals surface area contributed by atoms with Crippen molar-refractivity contribution in [2.24, 2.45) is 0 Å². The first-order valence-corrected chi connectivity index (χ1v) is 7.09. The standard InChI is InChI=1S/C11H22O2.C2H5B2O3/c1-5-6-7-8-9-10(12)13-11(2,3)4;1-3-7-6-2-4-5/h5-9H2,1-4H3;2H2,1H3. The molecule has 0 fully saturated rings.